The fourth-order valence-corrected chi connectivity index (χ4v) is 4.33. The minimum Gasteiger partial charge on any atom is -0.371 e. The summed E-state index contributed by atoms with van der Waals surface area (Å²) in [5.74, 6) is 1.36. The Bertz CT molecular complexity index is 617. The Morgan fingerprint density at radius 3 is 2.62 bits per heavy atom. The molecule has 0 radical (unpaired) electrons. The molecule has 2 atom stereocenters. The lowest BCUT2D eigenvalue weighted by Gasteiger charge is -2.32. The van der Waals surface area contributed by atoms with E-state index >= 15 is 0 Å². The first-order chi connectivity index (χ1) is 12.4. The summed E-state index contributed by atoms with van der Waals surface area (Å²) in [6, 6.07) is 0. The van der Waals surface area contributed by atoms with Gasteiger partial charge in [-0.3, -0.25) is 9.69 Å². The number of hydrogen-bond donors (Lipinski definition) is 1. The topological polar surface area (TPSA) is 67.9 Å². The van der Waals surface area contributed by atoms with Crippen LogP contribution in [-0.4, -0.2) is 42.1 Å². The van der Waals surface area contributed by atoms with Crippen LogP contribution < -0.4 is 5.73 Å². The number of carbonyl (C=O) groups is 1. The summed E-state index contributed by atoms with van der Waals surface area (Å²) in [6.45, 7) is 4.70. The Balaban J connectivity index is 1.67. The second kappa shape index (κ2) is 7.95. The lowest BCUT2D eigenvalue weighted by Crippen LogP contribution is -2.47. The van der Waals surface area contributed by atoms with E-state index in [2.05, 4.69) is 37.1 Å². The quantitative estimate of drug-likeness (QED) is 0.790. The number of rotatable bonds is 6. The maximum Gasteiger partial charge on any atom is 0.259 e. The van der Waals surface area contributed by atoms with Gasteiger partial charge in [-0.15, -0.1) is 0 Å². The monoisotopic (exact) mass is 359 g/mol. The van der Waals surface area contributed by atoms with Crippen LogP contribution in [0, 0.1) is 11.8 Å². The molecule has 3 rings (SSSR count). The van der Waals surface area contributed by atoms with Crippen molar-refractivity contribution in [3.8, 4) is 0 Å². The highest BCUT2D eigenvalue weighted by atomic mass is 16.5. The fraction of sp³-hybridized carbons (Fsp3) is 0.714. The number of nitrogens with two attached hydrogens (primary N) is 1. The number of allylic oxidation sites excluding steroid dienone is 2. The molecule has 1 heterocycles. The van der Waals surface area contributed by atoms with E-state index in [1.165, 1.54) is 42.6 Å². The first-order valence-corrected chi connectivity index (χ1v) is 10.0. The van der Waals surface area contributed by atoms with Crippen LogP contribution in [0.15, 0.2) is 28.8 Å². The van der Waals surface area contributed by atoms with Gasteiger partial charge in [-0.25, -0.2) is 4.99 Å². The minimum absolute atomic E-state index is 0.0101. The van der Waals surface area contributed by atoms with Crippen molar-refractivity contribution >= 4 is 11.9 Å². The maximum absolute atomic E-state index is 12.9. The SMILES string of the molecule is CC(C)C1=CCC(OCC2(CC3CCCCC3)N=C(N)N(C)C2=O)C=C1. The van der Waals surface area contributed by atoms with Crippen LogP contribution in [0.2, 0.25) is 0 Å². The Morgan fingerprint density at radius 2 is 2.08 bits per heavy atom. The van der Waals surface area contributed by atoms with E-state index in [0.717, 1.165) is 12.8 Å². The zero-order valence-corrected chi connectivity index (χ0v) is 16.4. The number of aliphatic imine (C=N–C) groups is 1. The first kappa shape index (κ1) is 19.2. The van der Waals surface area contributed by atoms with E-state index in [1.807, 2.05) is 0 Å². The van der Waals surface area contributed by atoms with Gasteiger partial charge in [0.15, 0.2) is 11.5 Å². The van der Waals surface area contributed by atoms with Gasteiger partial charge in [0.1, 0.15) is 0 Å². The number of nitrogens with zero attached hydrogens (tertiary/aromatic N) is 2. The van der Waals surface area contributed by atoms with E-state index in [0.29, 0.717) is 24.4 Å². The summed E-state index contributed by atoms with van der Waals surface area (Å²) in [6.07, 6.45) is 14.3. The van der Waals surface area contributed by atoms with Crippen molar-refractivity contribution in [3.05, 3.63) is 23.8 Å². The molecule has 1 amide bonds. The van der Waals surface area contributed by atoms with E-state index in [1.54, 1.807) is 7.05 Å². The molecule has 26 heavy (non-hydrogen) atoms. The van der Waals surface area contributed by atoms with Gasteiger partial charge in [0, 0.05) is 7.05 Å². The van der Waals surface area contributed by atoms with Crippen molar-refractivity contribution in [2.75, 3.05) is 13.7 Å². The predicted molar refractivity (Wildman–Crippen MR) is 105 cm³/mol. The third-order valence-corrected chi connectivity index (χ3v) is 6.02. The van der Waals surface area contributed by atoms with E-state index in [9.17, 15) is 4.79 Å². The third-order valence-electron chi connectivity index (χ3n) is 6.02. The molecule has 1 fully saturated rings. The van der Waals surface area contributed by atoms with Crippen molar-refractivity contribution in [1.82, 2.24) is 4.90 Å². The molecule has 2 unspecified atom stereocenters. The summed E-state index contributed by atoms with van der Waals surface area (Å²) < 4.78 is 6.17. The van der Waals surface area contributed by atoms with E-state index in [4.69, 9.17) is 10.5 Å². The number of ether oxygens (including phenoxy) is 1. The van der Waals surface area contributed by atoms with Gasteiger partial charge in [-0.1, -0.05) is 64.2 Å². The summed E-state index contributed by atoms with van der Waals surface area (Å²) in [7, 11) is 1.71. The highest BCUT2D eigenvalue weighted by molar-refractivity contribution is 6.06. The molecule has 0 saturated heterocycles. The molecule has 0 bridgehead atoms. The van der Waals surface area contributed by atoms with Gasteiger partial charge in [-0.2, -0.15) is 0 Å². The second-order valence-corrected chi connectivity index (χ2v) is 8.38. The molecule has 0 aromatic carbocycles. The van der Waals surface area contributed by atoms with Crippen molar-refractivity contribution in [2.24, 2.45) is 22.6 Å². The Labute approximate surface area is 157 Å². The molecular weight excluding hydrogens is 326 g/mol. The Morgan fingerprint density at radius 1 is 1.35 bits per heavy atom. The largest absolute Gasteiger partial charge is 0.371 e. The zero-order valence-electron chi connectivity index (χ0n) is 16.4. The summed E-state index contributed by atoms with van der Waals surface area (Å²) in [5.41, 5.74) is 6.50. The Kier molecular flexibility index (Phi) is 5.86. The lowest BCUT2D eigenvalue weighted by molar-refractivity contribution is -0.134. The van der Waals surface area contributed by atoms with Crippen molar-refractivity contribution in [2.45, 2.75) is 70.4 Å². The van der Waals surface area contributed by atoms with Gasteiger partial charge < -0.3 is 10.5 Å². The molecule has 0 aromatic rings. The van der Waals surface area contributed by atoms with Crippen LogP contribution in [0.3, 0.4) is 0 Å². The smallest absolute Gasteiger partial charge is 0.259 e. The molecule has 144 valence electrons. The van der Waals surface area contributed by atoms with Crippen LogP contribution in [0.1, 0.15) is 58.8 Å². The minimum atomic E-state index is -0.837. The molecule has 1 aliphatic heterocycles. The van der Waals surface area contributed by atoms with E-state index in [-0.39, 0.29) is 12.0 Å². The highest BCUT2D eigenvalue weighted by Gasteiger charge is 2.48. The zero-order chi connectivity index (χ0) is 18.7. The number of guanidine groups is 1. The van der Waals surface area contributed by atoms with Crippen molar-refractivity contribution in [3.63, 3.8) is 0 Å². The molecule has 5 nitrogen and oxygen atoms in total. The molecule has 3 aliphatic rings. The van der Waals surface area contributed by atoms with Gasteiger partial charge in [0.05, 0.1) is 12.7 Å². The average molecular weight is 360 g/mol. The molecule has 5 heteroatoms. The number of carbonyl (C=O) groups excluding carboxylic acids is 1. The van der Waals surface area contributed by atoms with Gasteiger partial charge in [-0.05, 0) is 30.3 Å². The van der Waals surface area contributed by atoms with Crippen molar-refractivity contribution in [1.29, 1.82) is 0 Å². The molecule has 0 spiro atoms. The van der Waals surface area contributed by atoms with Crippen LogP contribution in [0.5, 0.6) is 0 Å². The predicted octanol–water partition coefficient (Wildman–Crippen LogP) is 3.41. The van der Waals surface area contributed by atoms with Gasteiger partial charge >= 0.3 is 0 Å². The summed E-state index contributed by atoms with van der Waals surface area (Å²) >= 11 is 0. The fourth-order valence-electron chi connectivity index (χ4n) is 4.33. The van der Waals surface area contributed by atoms with Crippen LogP contribution in [0.4, 0.5) is 0 Å². The van der Waals surface area contributed by atoms with Crippen LogP contribution in [0.25, 0.3) is 0 Å². The standard InChI is InChI=1S/C21H33N3O2/c1-15(2)17-9-11-18(12-10-17)26-14-21(13-16-7-5-4-6-8-16)19(25)24(3)20(22)23-21/h9-11,15-16,18H,4-8,12-14H2,1-3H3,(H2,22,23). The molecule has 1 saturated carbocycles. The van der Waals surface area contributed by atoms with Crippen molar-refractivity contribution < 1.29 is 9.53 Å². The summed E-state index contributed by atoms with van der Waals surface area (Å²) in [5, 5.41) is 0. The highest BCUT2D eigenvalue weighted by Crippen LogP contribution is 2.36. The number of hydrogen-bond acceptors (Lipinski definition) is 4. The lowest BCUT2D eigenvalue weighted by atomic mass is 9.79. The molecule has 2 aliphatic carbocycles. The third kappa shape index (κ3) is 4.03. The van der Waals surface area contributed by atoms with Gasteiger partial charge in [0.2, 0.25) is 0 Å². The number of amides is 1. The summed E-state index contributed by atoms with van der Waals surface area (Å²) in [4.78, 5) is 19.0. The van der Waals surface area contributed by atoms with Gasteiger partial charge in [0.25, 0.3) is 5.91 Å². The second-order valence-electron chi connectivity index (χ2n) is 8.38. The van der Waals surface area contributed by atoms with Crippen LogP contribution in [-0.2, 0) is 9.53 Å². The Hall–Kier alpha value is -1.62. The average Bonchev–Trinajstić information content (AvgIpc) is 2.85. The maximum atomic E-state index is 12.9. The molecule has 2 N–H and O–H groups in total. The van der Waals surface area contributed by atoms with Crippen LogP contribution >= 0.6 is 0 Å². The van der Waals surface area contributed by atoms with E-state index < -0.39 is 5.54 Å². The number of likely N-dealkylation sites (N-methyl/N-ethyl adjacent to an activating group) is 1. The first-order valence-electron chi connectivity index (χ1n) is 10.0. The normalized spacial score (nSPS) is 30.1. The molecule has 0 aromatic heterocycles. The molecular formula is C21H33N3O2.